The lowest BCUT2D eigenvalue weighted by molar-refractivity contribution is -0.165. The summed E-state index contributed by atoms with van der Waals surface area (Å²) in [7, 11) is -1.64. The van der Waals surface area contributed by atoms with Crippen LogP contribution in [0.2, 0.25) is 19.6 Å². The van der Waals surface area contributed by atoms with E-state index in [1.807, 2.05) is 20.8 Å². The normalized spacial score (nSPS) is 30.9. The Bertz CT molecular complexity index is 542. The van der Waals surface area contributed by atoms with Gasteiger partial charge in [-0.3, -0.25) is 9.59 Å². The smallest absolute Gasteiger partial charge is 0.303 e. The second-order valence-electron chi connectivity index (χ2n) is 7.50. The van der Waals surface area contributed by atoms with E-state index in [0.29, 0.717) is 6.42 Å². The first kappa shape index (κ1) is 20.7. The SMILES string of the molecule is CC[C@]1(C(C#C[Si](C)(C)C)OC(C)=O)O[C@@H](C)[C@H](OC(C)=O)[C@H]1C. The number of hydrogen-bond acceptors (Lipinski definition) is 5. The molecule has 0 aromatic carbocycles. The molecule has 5 nitrogen and oxygen atoms in total. The molecule has 1 unspecified atom stereocenters. The highest BCUT2D eigenvalue weighted by Gasteiger charge is 2.57. The molecule has 5 atom stereocenters. The van der Waals surface area contributed by atoms with Crippen LogP contribution in [0.15, 0.2) is 0 Å². The highest BCUT2D eigenvalue weighted by atomic mass is 28.3. The summed E-state index contributed by atoms with van der Waals surface area (Å²) in [5, 5.41) is 0. The lowest BCUT2D eigenvalue weighted by atomic mass is 9.80. The molecule has 0 radical (unpaired) electrons. The van der Waals surface area contributed by atoms with Crippen LogP contribution >= 0.6 is 0 Å². The highest BCUT2D eigenvalue weighted by Crippen LogP contribution is 2.43. The Morgan fingerprint density at radius 1 is 1.21 bits per heavy atom. The van der Waals surface area contributed by atoms with Crippen molar-refractivity contribution in [1.82, 2.24) is 0 Å². The van der Waals surface area contributed by atoms with Crippen molar-refractivity contribution in [3.8, 4) is 11.5 Å². The number of carbonyl (C=O) groups is 2. The minimum atomic E-state index is -1.64. The van der Waals surface area contributed by atoms with Gasteiger partial charge < -0.3 is 14.2 Å². The highest BCUT2D eigenvalue weighted by molar-refractivity contribution is 6.83. The number of rotatable bonds is 4. The molecule has 1 fully saturated rings. The zero-order chi connectivity index (χ0) is 18.7. The van der Waals surface area contributed by atoms with E-state index in [2.05, 4.69) is 31.1 Å². The van der Waals surface area contributed by atoms with Crippen molar-refractivity contribution >= 4 is 20.0 Å². The van der Waals surface area contributed by atoms with Gasteiger partial charge in [-0.15, -0.1) is 5.54 Å². The summed E-state index contributed by atoms with van der Waals surface area (Å²) in [5.41, 5.74) is 2.50. The van der Waals surface area contributed by atoms with E-state index in [1.165, 1.54) is 13.8 Å². The largest absolute Gasteiger partial charge is 0.459 e. The van der Waals surface area contributed by atoms with Gasteiger partial charge >= 0.3 is 11.9 Å². The molecule has 0 bridgehead atoms. The molecule has 1 aliphatic heterocycles. The monoisotopic (exact) mass is 354 g/mol. The van der Waals surface area contributed by atoms with Gasteiger partial charge in [0.05, 0.1) is 6.10 Å². The molecule has 0 N–H and O–H groups in total. The Morgan fingerprint density at radius 3 is 2.21 bits per heavy atom. The molecule has 0 saturated carbocycles. The summed E-state index contributed by atoms with van der Waals surface area (Å²) in [5.74, 6) is 2.28. The maximum absolute atomic E-state index is 11.6. The van der Waals surface area contributed by atoms with Gasteiger partial charge in [-0.2, -0.15) is 0 Å². The molecule has 1 rings (SSSR count). The quantitative estimate of drug-likeness (QED) is 0.441. The van der Waals surface area contributed by atoms with E-state index >= 15 is 0 Å². The number of esters is 2. The molecule has 0 aromatic heterocycles. The lowest BCUT2D eigenvalue weighted by Gasteiger charge is -2.36. The maximum atomic E-state index is 11.6. The van der Waals surface area contributed by atoms with Gasteiger partial charge in [0.25, 0.3) is 0 Å². The van der Waals surface area contributed by atoms with Crippen molar-refractivity contribution < 1.29 is 23.8 Å². The summed E-state index contributed by atoms with van der Waals surface area (Å²) in [6, 6.07) is 0. The number of ether oxygens (including phenoxy) is 3. The molecule has 0 amide bonds. The second-order valence-corrected chi connectivity index (χ2v) is 12.3. The topological polar surface area (TPSA) is 61.8 Å². The van der Waals surface area contributed by atoms with Crippen molar-refractivity contribution in [3.05, 3.63) is 0 Å². The first-order valence-corrected chi connectivity index (χ1v) is 12.0. The first-order valence-electron chi connectivity index (χ1n) is 8.48. The molecule has 1 heterocycles. The molecular formula is C18H30O5Si. The predicted octanol–water partition coefficient (Wildman–Crippen LogP) is 2.93. The Balaban J connectivity index is 3.26. The first-order chi connectivity index (χ1) is 10.9. The van der Waals surface area contributed by atoms with Gasteiger partial charge in [0.15, 0.2) is 6.10 Å². The van der Waals surface area contributed by atoms with Crippen molar-refractivity contribution in [2.24, 2.45) is 5.92 Å². The van der Waals surface area contributed by atoms with Crippen LogP contribution in [0.25, 0.3) is 0 Å². The fraction of sp³-hybridized carbons (Fsp3) is 0.778. The molecule has 0 aromatic rings. The van der Waals surface area contributed by atoms with Crippen LogP contribution < -0.4 is 0 Å². The summed E-state index contributed by atoms with van der Waals surface area (Å²) in [6.45, 7) is 15.0. The summed E-state index contributed by atoms with van der Waals surface area (Å²) < 4.78 is 17.2. The fourth-order valence-corrected chi connectivity index (χ4v) is 3.75. The van der Waals surface area contributed by atoms with Gasteiger partial charge in [-0.05, 0) is 13.3 Å². The number of carbonyl (C=O) groups excluding carboxylic acids is 2. The van der Waals surface area contributed by atoms with Crippen molar-refractivity contribution in [2.45, 2.75) is 84.6 Å². The second kappa shape index (κ2) is 7.71. The average molecular weight is 355 g/mol. The lowest BCUT2D eigenvalue weighted by Crippen LogP contribution is -2.49. The van der Waals surface area contributed by atoms with Gasteiger partial charge in [-0.1, -0.05) is 39.4 Å². The van der Waals surface area contributed by atoms with Gasteiger partial charge in [0, 0.05) is 19.8 Å². The molecule has 24 heavy (non-hydrogen) atoms. The van der Waals surface area contributed by atoms with Crippen molar-refractivity contribution in [3.63, 3.8) is 0 Å². The minimum Gasteiger partial charge on any atom is -0.459 e. The molecule has 1 saturated heterocycles. The van der Waals surface area contributed by atoms with E-state index < -0.39 is 25.7 Å². The Hall–Kier alpha value is -1.32. The van der Waals surface area contributed by atoms with Gasteiger partial charge in [-0.25, -0.2) is 0 Å². The van der Waals surface area contributed by atoms with Crippen LogP contribution in [0.3, 0.4) is 0 Å². The van der Waals surface area contributed by atoms with E-state index in [0.717, 1.165) is 0 Å². The Morgan fingerprint density at radius 2 is 1.79 bits per heavy atom. The van der Waals surface area contributed by atoms with Crippen LogP contribution in [0.4, 0.5) is 0 Å². The third-order valence-corrected chi connectivity index (χ3v) is 5.19. The molecular weight excluding hydrogens is 324 g/mol. The fourth-order valence-electron chi connectivity index (χ4n) is 3.19. The Labute approximate surface area is 146 Å². The van der Waals surface area contributed by atoms with Gasteiger partial charge in [0.1, 0.15) is 19.8 Å². The van der Waals surface area contributed by atoms with E-state index in [-0.39, 0.29) is 24.1 Å². The standard InChI is InChI=1S/C18H30O5Si/c1-9-18(12(2)17(13(3)23-18)22-15(5)20)16(21-14(4)19)10-11-24(6,7)8/h12-13,16-17H,9H2,1-8H3/t12-,13+,16?,17-,18+/m1/s1. The summed E-state index contributed by atoms with van der Waals surface area (Å²) in [6.07, 6.45) is -0.733. The van der Waals surface area contributed by atoms with Crippen molar-refractivity contribution in [1.29, 1.82) is 0 Å². The molecule has 6 heteroatoms. The number of hydrogen-bond donors (Lipinski definition) is 0. The van der Waals surface area contributed by atoms with E-state index in [9.17, 15) is 9.59 Å². The van der Waals surface area contributed by atoms with Crippen LogP contribution in [0, 0.1) is 17.4 Å². The molecule has 0 spiro atoms. The third-order valence-electron chi connectivity index (χ3n) is 4.29. The molecule has 0 aliphatic carbocycles. The predicted molar refractivity (Wildman–Crippen MR) is 95.0 cm³/mol. The maximum Gasteiger partial charge on any atom is 0.303 e. The van der Waals surface area contributed by atoms with Crippen molar-refractivity contribution in [2.75, 3.05) is 0 Å². The summed E-state index contributed by atoms with van der Waals surface area (Å²) in [4.78, 5) is 23.0. The molecule has 1 aliphatic rings. The van der Waals surface area contributed by atoms with Gasteiger partial charge in [0.2, 0.25) is 0 Å². The van der Waals surface area contributed by atoms with E-state index in [1.54, 1.807) is 0 Å². The van der Waals surface area contributed by atoms with E-state index in [4.69, 9.17) is 14.2 Å². The van der Waals surface area contributed by atoms with Crippen LogP contribution in [-0.4, -0.2) is 43.9 Å². The molecule has 136 valence electrons. The minimum absolute atomic E-state index is 0.137. The zero-order valence-electron chi connectivity index (χ0n) is 16.1. The van der Waals surface area contributed by atoms with Crippen LogP contribution in [0.5, 0.6) is 0 Å². The third kappa shape index (κ3) is 4.84. The van der Waals surface area contributed by atoms with Crippen LogP contribution in [0.1, 0.15) is 41.0 Å². The average Bonchev–Trinajstić information content (AvgIpc) is 2.67. The summed E-state index contributed by atoms with van der Waals surface area (Å²) >= 11 is 0. The zero-order valence-corrected chi connectivity index (χ0v) is 17.1. The van der Waals surface area contributed by atoms with Crippen LogP contribution in [-0.2, 0) is 23.8 Å². The Kier molecular flexibility index (Phi) is 6.65.